The maximum absolute atomic E-state index is 12.0. The lowest BCUT2D eigenvalue weighted by Gasteiger charge is -2.06. The van der Waals surface area contributed by atoms with E-state index in [0.29, 0.717) is 11.3 Å². The van der Waals surface area contributed by atoms with Crippen LogP contribution >= 0.6 is 11.3 Å². The molecule has 1 aromatic heterocycles. The summed E-state index contributed by atoms with van der Waals surface area (Å²) in [7, 11) is 4.01. The molecule has 5 heteroatoms. The Bertz CT molecular complexity index is 773. The molecule has 1 aliphatic rings. The number of benzene rings is 1. The Morgan fingerprint density at radius 1 is 1.23 bits per heavy atom. The number of thiophene rings is 1. The normalized spacial score (nSPS) is 15.9. The predicted molar refractivity (Wildman–Crippen MR) is 90.4 cm³/mol. The molecule has 0 aliphatic carbocycles. The third-order valence-corrected chi connectivity index (χ3v) is 4.75. The summed E-state index contributed by atoms with van der Waals surface area (Å²) in [6.07, 6.45) is 1.87. The topological polar surface area (TPSA) is 41.9 Å². The Labute approximate surface area is 133 Å². The van der Waals surface area contributed by atoms with Crippen LogP contribution in [0.5, 0.6) is 0 Å². The van der Waals surface area contributed by atoms with Gasteiger partial charge in [0.1, 0.15) is 5.71 Å². The fourth-order valence-electron chi connectivity index (χ4n) is 2.19. The number of aryl methyl sites for hydroxylation is 1. The molecule has 0 N–H and O–H groups in total. The number of hydrogen-bond acceptors (Lipinski definition) is 5. The van der Waals surface area contributed by atoms with Gasteiger partial charge in [0.2, 0.25) is 0 Å². The first kappa shape index (κ1) is 14.5. The van der Waals surface area contributed by atoms with Crippen molar-refractivity contribution < 1.29 is 9.63 Å². The van der Waals surface area contributed by atoms with Gasteiger partial charge < -0.3 is 9.74 Å². The van der Waals surface area contributed by atoms with E-state index < -0.39 is 5.97 Å². The van der Waals surface area contributed by atoms with Crippen molar-refractivity contribution in [3.05, 3.63) is 58.0 Å². The van der Waals surface area contributed by atoms with E-state index in [1.807, 2.05) is 57.4 Å². The van der Waals surface area contributed by atoms with Crippen LogP contribution in [0.15, 0.2) is 47.1 Å². The Balaban J connectivity index is 2.02. The SMILES string of the molecule is Cc1cc(N(C)C)sc1/C=C1\C(=O)ON=C1c1ccccc1. The third-order valence-electron chi connectivity index (χ3n) is 3.40. The lowest BCUT2D eigenvalue weighted by molar-refractivity contribution is -0.136. The van der Waals surface area contributed by atoms with Crippen LogP contribution in [0.25, 0.3) is 6.08 Å². The average molecular weight is 312 g/mol. The fraction of sp³-hybridized carbons (Fsp3) is 0.176. The summed E-state index contributed by atoms with van der Waals surface area (Å²) in [6, 6.07) is 11.7. The van der Waals surface area contributed by atoms with Crippen molar-refractivity contribution in [2.24, 2.45) is 5.16 Å². The molecule has 4 nitrogen and oxygen atoms in total. The molecule has 0 saturated carbocycles. The number of nitrogens with zero attached hydrogens (tertiary/aromatic N) is 2. The lowest BCUT2D eigenvalue weighted by Crippen LogP contribution is -2.06. The highest BCUT2D eigenvalue weighted by Gasteiger charge is 2.27. The van der Waals surface area contributed by atoms with Crippen LogP contribution in [0.1, 0.15) is 16.0 Å². The van der Waals surface area contributed by atoms with Crippen LogP contribution in [0, 0.1) is 6.92 Å². The highest BCUT2D eigenvalue weighted by molar-refractivity contribution is 7.17. The third kappa shape index (κ3) is 2.67. The lowest BCUT2D eigenvalue weighted by atomic mass is 10.0. The predicted octanol–water partition coefficient (Wildman–Crippen LogP) is 3.47. The summed E-state index contributed by atoms with van der Waals surface area (Å²) < 4.78 is 0. The standard InChI is InChI=1S/C17H16N2O2S/c1-11-9-15(19(2)3)22-14(11)10-13-16(18-21-17(13)20)12-7-5-4-6-8-12/h4-10H,1-3H3/b13-10-. The molecule has 0 atom stereocenters. The number of carbonyl (C=O) groups is 1. The van der Waals surface area contributed by atoms with Crippen LogP contribution < -0.4 is 4.90 Å². The number of anilines is 1. The van der Waals surface area contributed by atoms with E-state index in [2.05, 4.69) is 16.1 Å². The maximum Gasteiger partial charge on any atom is 0.368 e. The zero-order valence-electron chi connectivity index (χ0n) is 12.7. The monoisotopic (exact) mass is 312 g/mol. The Morgan fingerprint density at radius 3 is 2.59 bits per heavy atom. The summed E-state index contributed by atoms with van der Waals surface area (Å²) in [6.45, 7) is 2.04. The van der Waals surface area contributed by atoms with Crippen LogP contribution in [-0.2, 0) is 9.63 Å². The van der Waals surface area contributed by atoms with Gasteiger partial charge >= 0.3 is 5.97 Å². The fourth-order valence-corrected chi connectivity index (χ4v) is 3.23. The molecule has 0 unspecified atom stereocenters. The molecule has 2 aromatic rings. The van der Waals surface area contributed by atoms with Gasteiger partial charge in [-0.15, -0.1) is 11.3 Å². The molecule has 0 radical (unpaired) electrons. The van der Waals surface area contributed by atoms with Crippen molar-refractivity contribution in [2.75, 3.05) is 19.0 Å². The van der Waals surface area contributed by atoms with Crippen LogP contribution in [0.3, 0.4) is 0 Å². The summed E-state index contributed by atoms with van der Waals surface area (Å²) in [5, 5.41) is 5.08. The summed E-state index contributed by atoms with van der Waals surface area (Å²) in [5.74, 6) is -0.405. The molecule has 1 aromatic carbocycles. The second-order valence-electron chi connectivity index (χ2n) is 5.27. The second kappa shape index (κ2) is 5.77. The maximum atomic E-state index is 12.0. The van der Waals surface area contributed by atoms with Crippen molar-refractivity contribution in [1.82, 2.24) is 0 Å². The Kier molecular flexibility index (Phi) is 3.81. The highest BCUT2D eigenvalue weighted by Crippen LogP contribution is 2.31. The van der Waals surface area contributed by atoms with Gasteiger partial charge in [0, 0.05) is 24.5 Å². The van der Waals surface area contributed by atoms with Crippen molar-refractivity contribution in [1.29, 1.82) is 0 Å². The van der Waals surface area contributed by atoms with Crippen molar-refractivity contribution in [3.8, 4) is 0 Å². The molecule has 2 heterocycles. The molecule has 0 amide bonds. The molecule has 0 saturated heterocycles. The Hall–Kier alpha value is -2.40. The van der Waals surface area contributed by atoms with E-state index in [1.54, 1.807) is 11.3 Å². The van der Waals surface area contributed by atoms with Gasteiger partial charge in [0.05, 0.1) is 10.6 Å². The number of oxime groups is 1. The van der Waals surface area contributed by atoms with Crippen LogP contribution in [-0.4, -0.2) is 25.8 Å². The molecule has 3 rings (SSSR count). The van der Waals surface area contributed by atoms with E-state index in [1.165, 1.54) is 0 Å². The largest absolute Gasteiger partial charge is 0.370 e. The first-order chi connectivity index (χ1) is 10.6. The van der Waals surface area contributed by atoms with Gasteiger partial charge in [0.15, 0.2) is 0 Å². The minimum absolute atomic E-state index is 0.405. The Morgan fingerprint density at radius 2 is 1.95 bits per heavy atom. The minimum Gasteiger partial charge on any atom is -0.370 e. The van der Waals surface area contributed by atoms with Gasteiger partial charge in [-0.1, -0.05) is 35.5 Å². The summed E-state index contributed by atoms with van der Waals surface area (Å²) >= 11 is 1.64. The molecule has 0 spiro atoms. The quantitative estimate of drug-likeness (QED) is 0.644. The zero-order valence-corrected chi connectivity index (χ0v) is 13.5. The molecular formula is C17H16N2O2S. The van der Waals surface area contributed by atoms with E-state index in [4.69, 9.17) is 4.84 Å². The van der Waals surface area contributed by atoms with E-state index in [9.17, 15) is 4.79 Å². The smallest absolute Gasteiger partial charge is 0.368 e. The highest BCUT2D eigenvalue weighted by atomic mass is 32.1. The summed E-state index contributed by atoms with van der Waals surface area (Å²) in [4.78, 5) is 20.0. The van der Waals surface area contributed by atoms with Crippen LogP contribution in [0.2, 0.25) is 0 Å². The molecule has 0 bridgehead atoms. The van der Waals surface area contributed by atoms with Gasteiger partial charge in [-0.2, -0.15) is 0 Å². The first-order valence-corrected chi connectivity index (χ1v) is 7.72. The zero-order chi connectivity index (χ0) is 15.7. The average Bonchev–Trinajstić information content (AvgIpc) is 3.05. The van der Waals surface area contributed by atoms with Crippen molar-refractivity contribution in [2.45, 2.75) is 6.92 Å². The number of hydrogen-bond donors (Lipinski definition) is 0. The van der Waals surface area contributed by atoms with Crippen molar-refractivity contribution in [3.63, 3.8) is 0 Å². The van der Waals surface area contributed by atoms with Gasteiger partial charge in [-0.05, 0) is 24.6 Å². The van der Waals surface area contributed by atoms with E-state index >= 15 is 0 Å². The van der Waals surface area contributed by atoms with E-state index in [-0.39, 0.29) is 0 Å². The molecule has 1 aliphatic heterocycles. The van der Waals surface area contributed by atoms with Gasteiger partial charge in [0.25, 0.3) is 0 Å². The first-order valence-electron chi connectivity index (χ1n) is 6.91. The van der Waals surface area contributed by atoms with Gasteiger partial charge in [-0.25, -0.2) is 4.79 Å². The molecule has 112 valence electrons. The second-order valence-corrected chi connectivity index (χ2v) is 6.33. The minimum atomic E-state index is -0.405. The molecule has 22 heavy (non-hydrogen) atoms. The van der Waals surface area contributed by atoms with Gasteiger partial charge in [-0.3, -0.25) is 0 Å². The summed E-state index contributed by atoms with van der Waals surface area (Å²) in [5.41, 5.74) is 3.10. The van der Waals surface area contributed by atoms with E-state index in [0.717, 1.165) is 21.0 Å². The van der Waals surface area contributed by atoms with Crippen LogP contribution in [0.4, 0.5) is 5.00 Å². The number of carbonyl (C=O) groups excluding carboxylic acids is 1. The molecule has 0 fully saturated rings. The number of rotatable bonds is 3. The van der Waals surface area contributed by atoms with Crippen molar-refractivity contribution >= 4 is 34.1 Å². The molecular weight excluding hydrogens is 296 g/mol.